The molecule has 0 aromatic heterocycles. The molecule has 0 atom stereocenters. The van der Waals surface area contributed by atoms with Gasteiger partial charge in [0.25, 0.3) is 0 Å². The fraction of sp³-hybridized carbons (Fsp3) is 0.600. The number of para-hydroxylation sites is 1. The van der Waals surface area contributed by atoms with Gasteiger partial charge in [0, 0.05) is 16.0 Å². The summed E-state index contributed by atoms with van der Waals surface area (Å²) >= 11 is 7.39. The highest BCUT2D eigenvalue weighted by atomic mass is 35.5. The van der Waals surface area contributed by atoms with Crippen LogP contribution in [-0.2, 0) is 10.0 Å². The molecular formula is C15H22ClNO2S2. The number of benzene rings is 1. The zero-order valence-corrected chi connectivity index (χ0v) is 14.4. The number of halogens is 1. The van der Waals surface area contributed by atoms with Crippen molar-refractivity contribution >= 4 is 39.1 Å². The van der Waals surface area contributed by atoms with E-state index in [4.69, 9.17) is 11.6 Å². The third-order valence-corrected chi connectivity index (χ3v) is 6.58. The molecule has 1 N–H and O–H groups in total. The Morgan fingerprint density at radius 2 is 1.90 bits per heavy atom. The van der Waals surface area contributed by atoms with Crippen LogP contribution in [-0.4, -0.2) is 25.3 Å². The quantitative estimate of drug-likeness (QED) is 0.557. The van der Waals surface area contributed by atoms with Gasteiger partial charge in [0.1, 0.15) is 0 Å². The van der Waals surface area contributed by atoms with Gasteiger partial charge >= 0.3 is 0 Å². The second-order valence-electron chi connectivity index (χ2n) is 5.34. The van der Waals surface area contributed by atoms with Gasteiger partial charge in [0.2, 0.25) is 10.0 Å². The normalized spacial score (nSPS) is 16.2. The zero-order chi connectivity index (χ0) is 15.1. The molecule has 0 saturated heterocycles. The Hall–Kier alpha value is -0.390. The number of alkyl halides is 1. The summed E-state index contributed by atoms with van der Waals surface area (Å²) in [7, 11) is -3.28. The molecular weight excluding hydrogens is 326 g/mol. The van der Waals surface area contributed by atoms with Crippen molar-refractivity contribution in [2.75, 3.05) is 16.4 Å². The molecule has 0 radical (unpaired) electrons. The van der Waals surface area contributed by atoms with Gasteiger partial charge in [-0.1, -0.05) is 25.0 Å². The Kier molecular flexibility index (Phi) is 6.71. The molecule has 3 nitrogen and oxygen atoms in total. The second kappa shape index (κ2) is 8.30. The Morgan fingerprint density at radius 3 is 2.62 bits per heavy atom. The third-order valence-electron chi connectivity index (χ3n) is 3.55. The predicted octanol–water partition coefficient (Wildman–Crippen LogP) is 4.48. The van der Waals surface area contributed by atoms with Gasteiger partial charge in [-0.25, -0.2) is 8.42 Å². The van der Waals surface area contributed by atoms with Crippen LogP contribution in [0.1, 0.15) is 38.5 Å². The number of anilines is 1. The molecule has 1 fully saturated rings. The van der Waals surface area contributed by atoms with Crippen molar-refractivity contribution in [2.45, 2.75) is 48.7 Å². The third kappa shape index (κ3) is 5.72. The lowest BCUT2D eigenvalue weighted by Crippen LogP contribution is -2.17. The Bertz CT molecular complexity index is 542. The standard InChI is InChI=1S/C15H22ClNO2S2/c16-11-5-6-12-21(18,19)17-14-9-3-4-10-15(14)20-13-7-1-2-8-13/h3-4,9-10,13,17H,1-2,5-8,11-12H2. The number of rotatable bonds is 8. The van der Waals surface area contributed by atoms with Crippen molar-refractivity contribution in [3.05, 3.63) is 24.3 Å². The summed E-state index contributed by atoms with van der Waals surface area (Å²) in [6, 6.07) is 7.67. The van der Waals surface area contributed by atoms with E-state index in [0.717, 1.165) is 11.3 Å². The Labute approximate surface area is 136 Å². The van der Waals surface area contributed by atoms with Crippen LogP contribution < -0.4 is 4.72 Å². The molecule has 6 heteroatoms. The monoisotopic (exact) mass is 347 g/mol. The van der Waals surface area contributed by atoms with Crippen LogP contribution in [0.3, 0.4) is 0 Å². The fourth-order valence-electron chi connectivity index (χ4n) is 2.44. The van der Waals surface area contributed by atoms with Gasteiger partial charge in [-0.3, -0.25) is 4.72 Å². The Balaban J connectivity index is 2.01. The van der Waals surface area contributed by atoms with Gasteiger partial charge in [-0.15, -0.1) is 23.4 Å². The van der Waals surface area contributed by atoms with E-state index in [1.54, 1.807) is 11.8 Å². The highest BCUT2D eigenvalue weighted by Crippen LogP contribution is 2.38. The molecule has 1 aliphatic carbocycles. The minimum absolute atomic E-state index is 0.127. The summed E-state index contributed by atoms with van der Waals surface area (Å²) in [5, 5.41) is 0.618. The molecule has 0 spiro atoms. The van der Waals surface area contributed by atoms with Gasteiger partial charge < -0.3 is 0 Å². The minimum Gasteiger partial charge on any atom is -0.282 e. The molecule has 0 aliphatic heterocycles. The van der Waals surface area contributed by atoms with E-state index in [1.165, 1.54) is 25.7 Å². The summed E-state index contributed by atoms with van der Waals surface area (Å²) in [4.78, 5) is 1.03. The molecule has 1 saturated carbocycles. The maximum Gasteiger partial charge on any atom is 0.232 e. The number of hydrogen-bond donors (Lipinski definition) is 1. The van der Waals surface area contributed by atoms with Crippen LogP contribution in [0.25, 0.3) is 0 Å². The molecule has 0 amide bonds. The largest absolute Gasteiger partial charge is 0.282 e. The van der Waals surface area contributed by atoms with Gasteiger partial charge in [-0.2, -0.15) is 0 Å². The SMILES string of the molecule is O=S(=O)(CCCCCl)Nc1ccccc1SC1CCCC1. The van der Waals surface area contributed by atoms with E-state index >= 15 is 0 Å². The first-order chi connectivity index (χ1) is 10.1. The van der Waals surface area contributed by atoms with E-state index < -0.39 is 10.0 Å². The van der Waals surface area contributed by atoms with Crippen molar-refractivity contribution in [3.8, 4) is 0 Å². The van der Waals surface area contributed by atoms with E-state index in [0.29, 0.717) is 23.2 Å². The summed E-state index contributed by atoms with van der Waals surface area (Å²) < 4.78 is 26.9. The fourth-order valence-corrected chi connectivity index (χ4v) is 5.23. The molecule has 0 unspecified atom stereocenters. The van der Waals surface area contributed by atoms with Crippen molar-refractivity contribution in [1.29, 1.82) is 0 Å². The van der Waals surface area contributed by atoms with Crippen molar-refractivity contribution in [2.24, 2.45) is 0 Å². The molecule has 21 heavy (non-hydrogen) atoms. The second-order valence-corrected chi connectivity index (χ2v) is 8.90. The lowest BCUT2D eigenvalue weighted by atomic mass is 10.3. The van der Waals surface area contributed by atoms with Crippen LogP contribution in [0.4, 0.5) is 5.69 Å². The first-order valence-corrected chi connectivity index (χ1v) is 10.5. The predicted molar refractivity (Wildman–Crippen MR) is 91.9 cm³/mol. The summed E-state index contributed by atoms with van der Waals surface area (Å²) in [5.41, 5.74) is 0.709. The molecule has 0 heterocycles. The number of sulfonamides is 1. The van der Waals surface area contributed by atoms with Crippen molar-refractivity contribution < 1.29 is 8.42 Å². The highest BCUT2D eigenvalue weighted by molar-refractivity contribution is 8.00. The number of thioether (sulfide) groups is 1. The van der Waals surface area contributed by atoms with Crippen LogP contribution in [0.15, 0.2) is 29.2 Å². The maximum absolute atomic E-state index is 12.1. The number of nitrogens with one attached hydrogen (secondary N) is 1. The van der Waals surface area contributed by atoms with Crippen LogP contribution in [0.2, 0.25) is 0 Å². The van der Waals surface area contributed by atoms with Crippen LogP contribution in [0.5, 0.6) is 0 Å². The lowest BCUT2D eigenvalue weighted by Gasteiger charge is -2.15. The highest BCUT2D eigenvalue weighted by Gasteiger charge is 2.19. The number of hydrogen-bond acceptors (Lipinski definition) is 3. The Morgan fingerprint density at radius 1 is 1.19 bits per heavy atom. The van der Waals surface area contributed by atoms with E-state index in [9.17, 15) is 8.42 Å². The molecule has 0 bridgehead atoms. The minimum atomic E-state index is -3.28. The van der Waals surface area contributed by atoms with E-state index in [1.807, 2.05) is 24.3 Å². The molecule has 1 aromatic rings. The maximum atomic E-state index is 12.1. The van der Waals surface area contributed by atoms with Crippen LogP contribution in [0, 0.1) is 0 Å². The van der Waals surface area contributed by atoms with Gasteiger partial charge in [0.15, 0.2) is 0 Å². The molecule has 1 aliphatic rings. The van der Waals surface area contributed by atoms with Crippen LogP contribution >= 0.6 is 23.4 Å². The summed E-state index contributed by atoms with van der Waals surface area (Å²) in [6.07, 6.45) is 6.33. The lowest BCUT2D eigenvalue weighted by molar-refractivity contribution is 0.598. The van der Waals surface area contributed by atoms with Crippen molar-refractivity contribution in [3.63, 3.8) is 0 Å². The first kappa shape index (κ1) is 17.0. The summed E-state index contributed by atoms with van der Waals surface area (Å²) in [5.74, 6) is 0.631. The van der Waals surface area contributed by atoms with E-state index in [2.05, 4.69) is 4.72 Å². The number of unbranched alkanes of at least 4 members (excludes halogenated alkanes) is 1. The topological polar surface area (TPSA) is 46.2 Å². The first-order valence-electron chi connectivity index (χ1n) is 7.43. The van der Waals surface area contributed by atoms with Gasteiger partial charge in [-0.05, 0) is 37.8 Å². The zero-order valence-electron chi connectivity index (χ0n) is 12.1. The average molecular weight is 348 g/mol. The van der Waals surface area contributed by atoms with E-state index in [-0.39, 0.29) is 5.75 Å². The van der Waals surface area contributed by atoms with Gasteiger partial charge in [0.05, 0.1) is 11.4 Å². The average Bonchev–Trinajstić information content (AvgIpc) is 2.94. The van der Waals surface area contributed by atoms with Crippen molar-refractivity contribution in [1.82, 2.24) is 0 Å². The summed E-state index contributed by atoms with van der Waals surface area (Å²) in [6.45, 7) is 0. The molecule has 118 valence electrons. The molecule has 2 rings (SSSR count). The molecule has 1 aromatic carbocycles. The smallest absolute Gasteiger partial charge is 0.232 e.